The minimum atomic E-state index is -0.833. The summed E-state index contributed by atoms with van der Waals surface area (Å²) in [6.45, 7) is 13.3. The summed E-state index contributed by atoms with van der Waals surface area (Å²) in [5.74, 6) is 0.457. The van der Waals surface area contributed by atoms with Gasteiger partial charge in [0.2, 0.25) is 0 Å². The molecule has 0 aromatic rings. The second kappa shape index (κ2) is 10.9. The first kappa shape index (κ1) is 27.6. The Morgan fingerprint density at radius 2 is 1.35 bits per heavy atom. The Hall–Kier alpha value is -1.01. The van der Waals surface area contributed by atoms with Crippen LogP contribution in [0.15, 0.2) is 5.18 Å². The predicted molar refractivity (Wildman–Crippen MR) is 139 cm³/mol. The van der Waals surface area contributed by atoms with Gasteiger partial charge in [-0.05, 0) is 65.7 Å². The minimum Gasteiger partial charge on any atom is -0.339 e. The first-order valence-corrected chi connectivity index (χ1v) is 14.1. The number of hydrogen-bond acceptors (Lipinski definition) is 5. The van der Waals surface area contributed by atoms with Crippen molar-refractivity contribution in [1.82, 2.24) is 10.2 Å². The number of amides is 1. The van der Waals surface area contributed by atoms with E-state index in [2.05, 4.69) is 52.0 Å². The average molecular weight is 478 g/mol. The molecule has 3 aliphatic rings. The number of carbonyl (C=O) groups excluding carboxylic acids is 1. The van der Waals surface area contributed by atoms with Gasteiger partial charge in [0.05, 0.1) is 0 Å². The number of carbonyl (C=O) groups is 1. The van der Waals surface area contributed by atoms with Crippen LogP contribution in [0.25, 0.3) is 0 Å². The normalized spacial score (nSPS) is 28.0. The quantitative estimate of drug-likeness (QED) is 0.447. The van der Waals surface area contributed by atoms with Crippen LogP contribution in [0.1, 0.15) is 131 Å². The first-order valence-electron chi connectivity index (χ1n) is 14.1. The highest BCUT2D eigenvalue weighted by atomic mass is 16.6. The molecule has 0 radical (unpaired) electrons. The van der Waals surface area contributed by atoms with Crippen LogP contribution in [0.5, 0.6) is 0 Å². The van der Waals surface area contributed by atoms with Crippen molar-refractivity contribution in [3.05, 3.63) is 4.91 Å². The zero-order valence-electron chi connectivity index (χ0n) is 22.9. The third kappa shape index (κ3) is 6.60. The number of nitroso groups, excluding NO2 is 1. The molecule has 0 aromatic heterocycles. The molecule has 1 amide bonds. The molecule has 0 bridgehead atoms. The van der Waals surface area contributed by atoms with Crippen LogP contribution in [0.2, 0.25) is 0 Å². The summed E-state index contributed by atoms with van der Waals surface area (Å²) in [6, 6.07) is -0.385. The van der Waals surface area contributed by atoms with Gasteiger partial charge in [-0.2, -0.15) is 4.91 Å². The summed E-state index contributed by atoms with van der Waals surface area (Å²) < 4.78 is 7.16. The van der Waals surface area contributed by atoms with E-state index in [1.807, 2.05) is 4.90 Å². The van der Waals surface area contributed by atoms with Crippen molar-refractivity contribution in [2.24, 2.45) is 11.1 Å². The molecule has 2 heterocycles. The van der Waals surface area contributed by atoms with Crippen molar-refractivity contribution >= 4 is 5.91 Å². The van der Waals surface area contributed by atoms with E-state index in [-0.39, 0.29) is 23.0 Å². The van der Waals surface area contributed by atoms with Gasteiger partial charge in [-0.25, -0.2) is 0 Å². The summed E-state index contributed by atoms with van der Waals surface area (Å²) in [6.07, 6.45) is 14.7. The second-order valence-electron chi connectivity index (χ2n) is 13.3. The van der Waals surface area contributed by atoms with E-state index in [1.165, 1.54) is 44.9 Å². The van der Waals surface area contributed by atoms with Crippen molar-refractivity contribution in [2.45, 2.75) is 160 Å². The molecule has 2 spiro atoms. The molecule has 6 nitrogen and oxygen atoms in total. The molecule has 3 rings (SSSR count). The largest absolute Gasteiger partial charge is 0.339 e. The summed E-state index contributed by atoms with van der Waals surface area (Å²) in [5.41, 5.74) is -1.86. The molecule has 34 heavy (non-hydrogen) atoms. The predicted octanol–water partition coefficient (Wildman–Crippen LogP) is 6.71. The highest BCUT2D eigenvalue weighted by Gasteiger charge is 2.64. The van der Waals surface area contributed by atoms with Crippen LogP contribution in [0.3, 0.4) is 0 Å². The lowest BCUT2D eigenvalue weighted by Crippen LogP contribution is -2.65. The fourth-order valence-electron chi connectivity index (χ4n) is 7.30. The zero-order chi connectivity index (χ0) is 25.0. The van der Waals surface area contributed by atoms with Crippen LogP contribution >= 0.6 is 0 Å². The maximum absolute atomic E-state index is 14.4. The van der Waals surface area contributed by atoms with Crippen LogP contribution in [0, 0.1) is 10.8 Å². The lowest BCUT2D eigenvalue weighted by molar-refractivity contribution is -0.177. The molecular weight excluding hydrogens is 426 g/mol. The fraction of sp³-hybridized carbons (Fsp3) is 0.964. The lowest BCUT2D eigenvalue weighted by Gasteiger charge is -2.50. The highest BCUT2D eigenvalue weighted by Crippen LogP contribution is 2.51. The van der Waals surface area contributed by atoms with Gasteiger partial charge in [0, 0.05) is 30.5 Å². The molecule has 3 fully saturated rings. The number of hydrogen-bond donors (Lipinski definition) is 1. The number of nitrogens with zero attached hydrogens (tertiary/aromatic N) is 2. The number of nitrogens with one attached hydrogen (secondary N) is 1. The number of rotatable bonds is 5. The Bertz CT molecular complexity index is 675. The maximum atomic E-state index is 14.4. The Labute approximate surface area is 208 Å². The molecule has 2 saturated heterocycles. The Balaban J connectivity index is 1.98. The zero-order valence-corrected chi connectivity index (χ0v) is 22.9. The Morgan fingerprint density at radius 1 is 0.882 bits per heavy atom. The molecular formula is C28H51N3O3. The van der Waals surface area contributed by atoms with Crippen LogP contribution < -0.4 is 5.32 Å². The average Bonchev–Trinajstić information content (AvgIpc) is 2.89. The Morgan fingerprint density at radius 3 is 1.79 bits per heavy atom. The van der Waals surface area contributed by atoms with Gasteiger partial charge in [0.15, 0.2) is 5.60 Å². The molecule has 1 atom stereocenters. The van der Waals surface area contributed by atoms with Gasteiger partial charge in [-0.3, -0.25) is 4.79 Å². The summed E-state index contributed by atoms with van der Waals surface area (Å²) in [7, 11) is 0. The van der Waals surface area contributed by atoms with Gasteiger partial charge in [0.1, 0.15) is 11.8 Å². The van der Waals surface area contributed by atoms with E-state index < -0.39 is 11.3 Å². The Kier molecular flexibility index (Phi) is 8.87. The van der Waals surface area contributed by atoms with Gasteiger partial charge in [0.25, 0.3) is 5.91 Å². The van der Waals surface area contributed by atoms with Gasteiger partial charge in [-0.1, -0.05) is 64.0 Å². The SMILES string of the molecule is CC(C)CC(CN1C(=O)C2(CC(C)(C)NC(C)(C)C2)OC12CCCCCCCCCCC2)N=O. The number of piperidine rings is 1. The smallest absolute Gasteiger partial charge is 0.257 e. The van der Waals surface area contributed by atoms with Crippen LogP contribution in [0.4, 0.5) is 0 Å². The van der Waals surface area contributed by atoms with Crippen LogP contribution in [-0.4, -0.2) is 45.8 Å². The van der Waals surface area contributed by atoms with Gasteiger partial charge in [-0.15, -0.1) is 0 Å². The van der Waals surface area contributed by atoms with Crippen LogP contribution in [-0.2, 0) is 9.53 Å². The van der Waals surface area contributed by atoms with Crippen molar-refractivity contribution in [1.29, 1.82) is 0 Å². The monoisotopic (exact) mass is 477 g/mol. The molecule has 1 unspecified atom stereocenters. The second-order valence-corrected chi connectivity index (χ2v) is 13.3. The molecule has 1 aliphatic carbocycles. The third-order valence-corrected chi connectivity index (χ3v) is 8.06. The van der Waals surface area contributed by atoms with E-state index in [4.69, 9.17) is 4.74 Å². The number of ether oxygens (including phenoxy) is 1. The standard InChI is InChI=1S/C28H51N3O3/c1-22(2)18-23(29-33)19-31-24(32)27(20-25(3,4)30-26(5,6)21-27)34-28(31)16-14-12-10-8-7-9-11-13-15-17-28/h22-23,30H,7-21H2,1-6H3. The van der Waals surface area contributed by atoms with E-state index in [1.54, 1.807) is 0 Å². The van der Waals surface area contributed by atoms with Gasteiger partial charge >= 0.3 is 0 Å². The van der Waals surface area contributed by atoms with Crippen molar-refractivity contribution in [2.75, 3.05) is 6.54 Å². The van der Waals surface area contributed by atoms with Crippen molar-refractivity contribution < 1.29 is 9.53 Å². The highest BCUT2D eigenvalue weighted by molar-refractivity contribution is 5.88. The topological polar surface area (TPSA) is 71.0 Å². The molecule has 1 saturated carbocycles. The molecule has 196 valence electrons. The van der Waals surface area contributed by atoms with E-state index in [0.717, 1.165) is 25.7 Å². The minimum absolute atomic E-state index is 0.0969. The maximum Gasteiger partial charge on any atom is 0.257 e. The molecule has 1 N–H and O–H groups in total. The summed E-state index contributed by atoms with van der Waals surface area (Å²) in [4.78, 5) is 28.2. The van der Waals surface area contributed by atoms with Crippen molar-refractivity contribution in [3.8, 4) is 0 Å². The fourth-order valence-corrected chi connectivity index (χ4v) is 7.30. The molecule has 2 aliphatic heterocycles. The van der Waals surface area contributed by atoms with Crippen molar-refractivity contribution in [3.63, 3.8) is 0 Å². The molecule has 0 aromatic carbocycles. The lowest BCUT2D eigenvalue weighted by atomic mass is 9.72. The van der Waals surface area contributed by atoms with E-state index in [9.17, 15) is 9.70 Å². The van der Waals surface area contributed by atoms with E-state index in [0.29, 0.717) is 31.7 Å². The summed E-state index contributed by atoms with van der Waals surface area (Å²) in [5, 5.41) is 7.21. The van der Waals surface area contributed by atoms with E-state index >= 15 is 0 Å². The van der Waals surface area contributed by atoms with Gasteiger partial charge < -0.3 is 15.0 Å². The summed E-state index contributed by atoms with van der Waals surface area (Å²) >= 11 is 0. The third-order valence-electron chi connectivity index (χ3n) is 8.06. The molecule has 6 heteroatoms. The first-order chi connectivity index (χ1) is 15.9.